The average Bonchev–Trinajstić information content (AvgIpc) is 3.53. The summed E-state index contributed by atoms with van der Waals surface area (Å²) in [5.74, 6) is -0.631. The molecule has 0 fully saturated rings. The highest BCUT2D eigenvalue weighted by Crippen LogP contribution is 2.35. The zero-order chi connectivity index (χ0) is 28.6. The van der Waals surface area contributed by atoms with Crippen molar-refractivity contribution in [2.45, 2.75) is 13.0 Å². The summed E-state index contributed by atoms with van der Waals surface area (Å²) < 4.78 is 1.94. The fourth-order valence-electron chi connectivity index (χ4n) is 4.39. The summed E-state index contributed by atoms with van der Waals surface area (Å²) >= 11 is 0. The monoisotopic (exact) mass is 542 g/mol. The van der Waals surface area contributed by atoms with Gasteiger partial charge in [0.05, 0.1) is 12.0 Å². The van der Waals surface area contributed by atoms with Gasteiger partial charge in [-0.1, -0.05) is 42.5 Å². The largest absolute Gasteiger partial charge is 0.507 e. The van der Waals surface area contributed by atoms with Crippen LogP contribution in [0.25, 0.3) is 22.4 Å². The number of aromatic nitrogens is 3. The van der Waals surface area contributed by atoms with Gasteiger partial charge in [0.1, 0.15) is 17.4 Å². The molecule has 5 rings (SSSR count). The normalized spacial score (nSPS) is 10.5. The van der Waals surface area contributed by atoms with Gasteiger partial charge in [0.25, 0.3) is 11.8 Å². The van der Waals surface area contributed by atoms with Gasteiger partial charge < -0.3 is 20.3 Å². The second kappa shape index (κ2) is 12.4. The fourth-order valence-corrected chi connectivity index (χ4v) is 4.39. The van der Waals surface area contributed by atoms with Gasteiger partial charge in [0.2, 0.25) is 0 Å². The molecule has 9 nitrogen and oxygen atoms in total. The summed E-state index contributed by atoms with van der Waals surface area (Å²) in [6.45, 7) is 1.21. The zero-order valence-electron chi connectivity index (χ0n) is 22.0. The van der Waals surface area contributed by atoms with E-state index in [1.54, 1.807) is 91.4 Å². The molecule has 0 aliphatic carbocycles. The third-order valence-electron chi connectivity index (χ3n) is 6.45. The van der Waals surface area contributed by atoms with Crippen molar-refractivity contribution >= 4 is 17.6 Å². The number of imidazole rings is 1. The van der Waals surface area contributed by atoms with E-state index in [1.165, 1.54) is 6.07 Å². The summed E-state index contributed by atoms with van der Waals surface area (Å²) in [4.78, 5) is 34.5. The molecule has 0 radical (unpaired) electrons. The molecule has 9 heteroatoms. The Labute approximate surface area is 236 Å². The van der Waals surface area contributed by atoms with Crippen LogP contribution in [0.1, 0.15) is 32.7 Å². The van der Waals surface area contributed by atoms with E-state index in [1.807, 2.05) is 10.8 Å². The quantitative estimate of drug-likeness (QED) is 0.218. The zero-order valence-corrected chi connectivity index (χ0v) is 22.0. The Balaban J connectivity index is 1.49. The molecule has 2 amide bonds. The molecular weight excluding hydrogens is 516 g/mol. The van der Waals surface area contributed by atoms with E-state index in [0.29, 0.717) is 40.1 Å². The number of anilines is 1. The number of phenols is 1. The Hall–Kier alpha value is -5.75. The molecule has 0 aliphatic rings. The summed E-state index contributed by atoms with van der Waals surface area (Å²) in [7, 11) is 0. The molecule has 202 valence electrons. The molecule has 0 spiro atoms. The number of pyridine rings is 1. The van der Waals surface area contributed by atoms with Crippen LogP contribution in [0.15, 0.2) is 104 Å². The number of amides is 2. The van der Waals surface area contributed by atoms with Crippen LogP contribution in [0.2, 0.25) is 0 Å². The Bertz CT molecular complexity index is 1730. The van der Waals surface area contributed by atoms with Gasteiger partial charge in [-0.05, 0) is 54.4 Å². The van der Waals surface area contributed by atoms with Crippen molar-refractivity contribution in [2.75, 3.05) is 11.9 Å². The van der Waals surface area contributed by atoms with Gasteiger partial charge in [-0.15, -0.1) is 0 Å². The van der Waals surface area contributed by atoms with E-state index >= 15 is 0 Å². The van der Waals surface area contributed by atoms with Gasteiger partial charge in [-0.3, -0.25) is 9.59 Å². The Kier molecular flexibility index (Phi) is 8.12. The van der Waals surface area contributed by atoms with Crippen LogP contribution in [-0.4, -0.2) is 38.0 Å². The lowest BCUT2D eigenvalue weighted by Crippen LogP contribution is -2.25. The maximum atomic E-state index is 13.0. The van der Waals surface area contributed by atoms with Crippen molar-refractivity contribution in [1.29, 1.82) is 5.26 Å². The summed E-state index contributed by atoms with van der Waals surface area (Å²) in [6, 6.07) is 26.0. The lowest BCUT2D eigenvalue weighted by molar-refractivity contribution is 0.0952. The van der Waals surface area contributed by atoms with Gasteiger partial charge in [0, 0.05) is 47.7 Å². The molecule has 3 N–H and O–H groups in total. The molecule has 0 atom stereocenters. The molecule has 2 heterocycles. The molecule has 0 saturated carbocycles. The van der Waals surface area contributed by atoms with E-state index in [9.17, 15) is 20.0 Å². The van der Waals surface area contributed by atoms with E-state index in [0.717, 1.165) is 13.0 Å². The first-order valence-electron chi connectivity index (χ1n) is 13.0. The Morgan fingerprint density at radius 2 is 1.68 bits per heavy atom. The molecule has 0 unspecified atom stereocenters. The smallest absolute Gasteiger partial charge is 0.256 e. The number of nitriles is 1. The minimum Gasteiger partial charge on any atom is -0.507 e. The van der Waals surface area contributed by atoms with Crippen molar-refractivity contribution in [1.82, 2.24) is 19.9 Å². The molecule has 3 aromatic carbocycles. The van der Waals surface area contributed by atoms with Crippen LogP contribution >= 0.6 is 0 Å². The second-order valence-corrected chi connectivity index (χ2v) is 9.22. The molecular formula is C32H26N6O3. The minimum atomic E-state index is -0.432. The third kappa shape index (κ3) is 6.29. The molecule has 0 saturated heterocycles. The van der Waals surface area contributed by atoms with Gasteiger partial charge in [0.15, 0.2) is 5.82 Å². The first-order chi connectivity index (χ1) is 20.0. The Morgan fingerprint density at radius 3 is 2.44 bits per heavy atom. The highest BCUT2D eigenvalue weighted by molar-refractivity contribution is 6.05. The van der Waals surface area contributed by atoms with E-state index in [2.05, 4.69) is 26.7 Å². The number of benzene rings is 3. The first-order valence-corrected chi connectivity index (χ1v) is 13.0. The van der Waals surface area contributed by atoms with Crippen molar-refractivity contribution in [2.24, 2.45) is 0 Å². The third-order valence-corrected chi connectivity index (χ3v) is 6.45. The number of para-hydroxylation sites is 1. The van der Waals surface area contributed by atoms with Gasteiger partial charge in [-0.25, -0.2) is 9.97 Å². The van der Waals surface area contributed by atoms with Crippen LogP contribution in [0.5, 0.6) is 5.75 Å². The SMILES string of the molecule is N#Cc1c(-c2cccc(C(=O)NCCCn3ccnc3)c2)cc(-c2ccccc2O)nc1NC(=O)c1ccccc1. The highest BCUT2D eigenvalue weighted by Gasteiger charge is 2.20. The number of nitrogens with zero attached hydrogens (tertiary/aromatic N) is 4. The molecule has 41 heavy (non-hydrogen) atoms. The van der Waals surface area contributed by atoms with Crippen LogP contribution in [0, 0.1) is 11.3 Å². The summed E-state index contributed by atoms with van der Waals surface area (Å²) in [5, 5.41) is 26.4. The standard InChI is InChI=1S/C32H26N6O3/c33-20-27-26(23-10-6-11-24(18-23)31(40)35-14-7-16-38-17-15-34-21-38)19-28(25-12-4-5-13-29(25)39)36-30(27)37-32(41)22-8-2-1-3-9-22/h1-6,8-13,15,17-19,21,39H,7,14,16H2,(H,35,40)(H,36,37,41). The average molecular weight is 543 g/mol. The lowest BCUT2D eigenvalue weighted by atomic mass is 9.96. The number of hydrogen-bond donors (Lipinski definition) is 3. The minimum absolute atomic E-state index is 0.000171. The van der Waals surface area contributed by atoms with Crippen LogP contribution in [0.3, 0.4) is 0 Å². The lowest BCUT2D eigenvalue weighted by Gasteiger charge is -2.15. The first kappa shape index (κ1) is 26.8. The van der Waals surface area contributed by atoms with E-state index in [-0.39, 0.29) is 23.0 Å². The number of aryl methyl sites for hydroxylation is 1. The predicted molar refractivity (Wildman–Crippen MR) is 155 cm³/mol. The Morgan fingerprint density at radius 1 is 0.902 bits per heavy atom. The number of aromatic hydroxyl groups is 1. The topological polar surface area (TPSA) is 133 Å². The van der Waals surface area contributed by atoms with Crippen molar-refractivity contribution in [3.8, 4) is 34.2 Å². The number of carbonyl (C=O) groups excluding carboxylic acids is 2. The number of phenolic OH excluding ortho intramolecular Hbond substituents is 1. The fraction of sp³-hybridized carbons (Fsp3) is 0.0938. The number of rotatable bonds is 9. The van der Waals surface area contributed by atoms with Crippen LogP contribution < -0.4 is 10.6 Å². The highest BCUT2D eigenvalue weighted by atomic mass is 16.3. The van der Waals surface area contributed by atoms with E-state index in [4.69, 9.17) is 0 Å². The van der Waals surface area contributed by atoms with Gasteiger partial charge in [-0.2, -0.15) is 5.26 Å². The van der Waals surface area contributed by atoms with Crippen molar-refractivity contribution < 1.29 is 14.7 Å². The van der Waals surface area contributed by atoms with E-state index < -0.39 is 5.91 Å². The van der Waals surface area contributed by atoms with Crippen molar-refractivity contribution in [3.63, 3.8) is 0 Å². The molecule has 0 bridgehead atoms. The van der Waals surface area contributed by atoms with Gasteiger partial charge >= 0.3 is 0 Å². The number of nitrogens with one attached hydrogen (secondary N) is 2. The summed E-state index contributed by atoms with van der Waals surface area (Å²) in [6.07, 6.45) is 6.04. The predicted octanol–water partition coefficient (Wildman–Crippen LogP) is 5.26. The molecule has 5 aromatic rings. The second-order valence-electron chi connectivity index (χ2n) is 9.22. The van der Waals surface area contributed by atoms with Crippen LogP contribution in [0.4, 0.5) is 5.82 Å². The number of carbonyl (C=O) groups is 2. The van der Waals surface area contributed by atoms with Crippen LogP contribution in [-0.2, 0) is 6.54 Å². The molecule has 0 aliphatic heterocycles. The van der Waals surface area contributed by atoms with Crippen molar-refractivity contribution in [3.05, 3.63) is 120 Å². The summed E-state index contributed by atoms with van der Waals surface area (Å²) in [5.41, 5.74) is 2.78. The number of hydrogen-bond acceptors (Lipinski definition) is 6. The molecule has 2 aromatic heterocycles. The maximum Gasteiger partial charge on any atom is 0.256 e. The maximum absolute atomic E-state index is 13.0.